The maximum absolute atomic E-state index is 12.4. The molecule has 0 radical (unpaired) electrons. The summed E-state index contributed by atoms with van der Waals surface area (Å²) >= 11 is 0. The van der Waals surface area contributed by atoms with Crippen LogP contribution in [0.4, 0.5) is 0 Å². The van der Waals surface area contributed by atoms with Gasteiger partial charge in [0, 0.05) is 12.1 Å². The van der Waals surface area contributed by atoms with E-state index in [1.54, 1.807) is 0 Å². The van der Waals surface area contributed by atoms with Crippen LogP contribution < -0.4 is 0 Å². The number of Topliss-reactive ketones (excluding diaryl/α,β-unsaturated/α-hetero) is 1. The Labute approximate surface area is 123 Å². The lowest BCUT2D eigenvalue weighted by molar-refractivity contribution is -0.122. The van der Waals surface area contributed by atoms with Gasteiger partial charge in [-0.25, -0.2) is 0 Å². The molecule has 0 N–H and O–H groups in total. The fourth-order valence-electron chi connectivity index (χ4n) is 2.82. The van der Waals surface area contributed by atoms with Crippen LogP contribution in [-0.4, -0.2) is 15.6 Å². The zero-order valence-electron chi connectivity index (χ0n) is 13.6. The minimum Gasteiger partial charge on any atom is -0.299 e. The molecule has 0 aliphatic heterocycles. The third-order valence-electron chi connectivity index (χ3n) is 4.07. The number of hydrogen-bond acceptors (Lipinski definition) is 2. The minimum atomic E-state index is 0.225. The molecule has 0 spiro atoms. The first kappa shape index (κ1) is 16.9. The van der Waals surface area contributed by atoms with Gasteiger partial charge in [0.1, 0.15) is 5.78 Å². The molecule has 20 heavy (non-hydrogen) atoms. The summed E-state index contributed by atoms with van der Waals surface area (Å²) < 4.78 is 2.03. The predicted octanol–water partition coefficient (Wildman–Crippen LogP) is 4.57. The molecular weight excluding hydrogens is 248 g/mol. The van der Waals surface area contributed by atoms with Gasteiger partial charge in [-0.1, -0.05) is 40.5 Å². The summed E-state index contributed by atoms with van der Waals surface area (Å²) in [6.45, 7) is 8.66. The number of ketones is 1. The molecule has 1 heterocycles. The predicted molar refractivity (Wildman–Crippen MR) is 83.9 cm³/mol. The first-order valence-corrected chi connectivity index (χ1v) is 8.22. The van der Waals surface area contributed by atoms with Gasteiger partial charge in [0.15, 0.2) is 0 Å². The highest BCUT2D eigenvalue weighted by atomic mass is 16.1. The number of aromatic nitrogens is 2. The lowest BCUT2D eigenvalue weighted by Gasteiger charge is -2.14. The summed E-state index contributed by atoms with van der Waals surface area (Å²) in [7, 11) is 0. The lowest BCUT2D eigenvalue weighted by atomic mass is 9.91. The zero-order valence-corrected chi connectivity index (χ0v) is 13.6. The monoisotopic (exact) mass is 278 g/mol. The molecule has 3 heteroatoms. The second kappa shape index (κ2) is 8.93. The molecule has 0 atom stereocenters. The van der Waals surface area contributed by atoms with E-state index >= 15 is 0 Å². The molecule has 0 aliphatic carbocycles. The summed E-state index contributed by atoms with van der Waals surface area (Å²) in [4.78, 5) is 12.4. The quantitative estimate of drug-likeness (QED) is 0.628. The second-order valence-electron chi connectivity index (χ2n) is 5.67. The number of nitrogens with zero attached hydrogens (tertiary/aromatic N) is 2. The highest BCUT2D eigenvalue weighted by molar-refractivity contribution is 5.82. The molecule has 0 fully saturated rings. The van der Waals surface area contributed by atoms with Gasteiger partial charge in [-0.15, -0.1) is 0 Å². The minimum absolute atomic E-state index is 0.225. The van der Waals surface area contributed by atoms with Gasteiger partial charge >= 0.3 is 0 Å². The molecule has 0 saturated carbocycles. The average Bonchev–Trinajstić information content (AvgIpc) is 2.88. The lowest BCUT2D eigenvalue weighted by Crippen LogP contribution is -2.17. The molecular formula is C17H30N2O. The number of hydrogen-bond donors (Lipinski definition) is 0. The third kappa shape index (κ3) is 4.77. The van der Waals surface area contributed by atoms with E-state index in [4.69, 9.17) is 0 Å². The smallest absolute Gasteiger partial charge is 0.141 e. The normalized spacial score (nSPS) is 11.5. The Morgan fingerprint density at radius 2 is 1.75 bits per heavy atom. The van der Waals surface area contributed by atoms with Crippen LogP contribution in [0.1, 0.15) is 78.0 Å². The van der Waals surface area contributed by atoms with Crippen molar-refractivity contribution in [3.8, 4) is 0 Å². The molecule has 0 amide bonds. The van der Waals surface area contributed by atoms with E-state index in [1.165, 1.54) is 0 Å². The van der Waals surface area contributed by atoms with Crippen LogP contribution in [0.5, 0.6) is 0 Å². The summed E-state index contributed by atoms with van der Waals surface area (Å²) in [6.07, 6.45) is 8.88. The number of carbonyl (C=O) groups is 1. The molecule has 1 rings (SSSR count). The van der Waals surface area contributed by atoms with Crippen molar-refractivity contribution in [2.24, 2.45) is 5.92 Å². The summed E-state index contributed by atoms with van der Waals surface area (Å²) in [6, 6.07) is 2.46. The van der Waals surface area contributed by atoms with E-state index in [-0.39, 0.29) is 5.92 Å². The second-order valence-corrected chi connectivity index (χ2v) is 5.67. The maximum Gasteiger partial charge on any atom is 0.141 e. The Bertz CT molecular complexity index is 387. The van der Waals surface area contributed by atoms with Gasteiger partial charge in [0.2, 0.25) is 0 Å². The summed E-state index contributed by atoms with van der Waals surface area (Å²) in [5, 5.41) is 4.59. The van der Waals surface area contributed by atoms with Crippen molar-refractivity contribution in [2.45, 2.75) is 78.7 Å². The van der Waals surface area contributed by atoms with E-state index in [1.807, 2.05) is 16.9 Å². The summed E-state index contributed by atoms with van der Waals surface area (Å²) in [5.74, 6) is 0.590. The van der Waals surface area contributed by atoms with Gasteiger partial charge in [0.25, 0.3) is 0 Å². The van der Waals surface area contributed by atoms with Crippen molar-refractivity contribution in [3.63, 3.8) is 0 Å². The van der Waals surface area contributed by atoms with Crippen molar-refractivity contribution in [1.29, 1.82) is 0 Å². The van der Waals surface area contributed by atoms with E-state index < -0.39 is 0 Å². The molecule has 0 aliphatic rings. The van der Waals surface area contributed by atoms with Crippen LogP contribution in [0.25, 0.3) is 0 Å². The van der Waals surface area contributed by atoms with Crippen LogP contribution in [0.15, 0.2) is 12.3 Å². The third-order valence-corrected chi connectivity index (χ3v) is 4.07. The van der Waals surface area contributed by atoms with Gasteiger partial charge in [-0.05, 0) is 31.7 Å². The van der Waals surface area contributed by atoms with E-state index in [0.29, 0.717) is 18.2 Å². The number of rotatable bonds is 10. The van der Waals surface area contributed by atoms with E-state index in [9.17, 15) is 4.79 Å². The molecule has 0 bridgehead atoms. The molecule has 114 valence electrons. The van der Waals surface area contributed by atoms with Crippen LogP contribution in [0.2, 0.25) is 0 Å². The van der Waals surface area contributed by atoms with E-state index in [2.05, 4.69) is 32.8 Å². The average molecular weight is 278 g/mol. The Morgan fingerprint density at radius 3 is 2.25 bits per heavy atom. The van der Waals surface area contributed by atoms with Gasteiger partial charge < -0.3 is 0 Å². The fourth-order valence-corrected chi connectivity index (χ4v) is 2.82. The van der Waals surface area contributed by atoms with Crippen LogP contribution in [0.3, 0.4) is 0 Å². The van der Waals surface area contributed by atoms with Gasteiger partial charge in [0.05, 0.1) is 18.2 Å². The Kier molecular flexibility index (Phi) is 7.56. The Hall–Kier alpha value is -1.12. The first-order valence-electron chi connectivity index (χ1n) is 8.22. The van der Waals surface area contributed by atoms with Crippen molar-refractivity contribution < 1.29 is 4.79 Å². The SMILES string of the molecule is CCCC(CCC)C(=O)Cc1ccn(C(CC)CC)n1. The van der Waals surface area contributed by atoms with Crippen LogP contribution in [0, 0.1) is 5.92 Å². The fraction of sp³-hybridized carbons (Fsp3) is 0.765. The Balaban J connectivity index is 2.65. The number of carbonyl (C=O) groups excluding carboxylic acids is 1. The van der Waals surface area contributed by atoms with Crippen LogP contribution in [-0.2, 0) is 11.2 Å². The maximum atomic E-state index is 12.4. The molecule has 0 aromatic carbocycles. The summed E-state index contributed by atoms with van der Waals surface area (Å²) in [5.41, 5.74) is 0.930. The van der Waals surface area contributed by atoms with Crippen LogP contribution >= 0.6 is 0 Å². The molecule has 0 unspecified atom stereocenters. The zero-order chi connectivity index (χ0) is 15.0. The highest BCUT2D eigenvalue weighted by Gasteiger charge is 2.18. The van der Waals surface area contributed by atoms with Gasteiger partial charge in [-0.3, -0.25) is 9.48 Å². The molecule has 3 nitrogen and oxygen atoms in total. The van der Waals surface area contributed by atoms with Crippen molar-refractivity contribution in [2.75, 3.05) is 0 Å². The standard InChI is InChI=1S/C17H30N2O/c1-5-9-14(10-6-2)17(20)13-15-11-12-19(18-15)16(7-3)8-4/h11-12,14,16H,5-10,13H2,1-4H3. The van der Waals surface area contributed by atoms with Gasteiger partial charge in [-0.2, -0.15) is 5.10 Å². The van der Waals surface area contributed by atoms with Crippen molar-refractivity contribution in [1.82, 2.24) is 9.78 Å². The van der Waals surface area contributed by atoms with E-state index in [0.717, 1.165) is 44.2 Å². The molecule has 1 aromatic rings. The van der Waals surface area contributed by atoms with Crippen molar-refractivity contribution >= 4 is 5.78 Å². The largest absolute Gasteiger partial charge is 0.299 e. The Morgan fingerprint density at radius 1 is 1.15 bits per heavy atom. The first-order chi connectivity index (χ1) is 9.65. The van der Waals surface area contributed by atoms with Crippen molar-refractivity contribution in [3.05, 3.63) is 18.0 Å². The molecule has 1 aromatic heterocycles. The topological polar surface area (TPSA) is 34.9 Å². The molecule has 0 saturated heterocycles. The highest BCUT2D eigenvalue weighted by Crippen LogP contribution is 2.18.